The maximum Gasteiger partial charge on any atom is 0.319 e. The third-order valence-electron chi connectivity index (χ3n) is 1.24. The van der Waals surface area contributed by atoms with Crippen LogP contribution in [0, 0.1) is 0 Å². The van der Waals surface area contributed by atoms with Gasteiger partial charge in [0.1, 0.15) is 0 Å². The van der Waals surface area contributed by atoms with Crippen LogP contribution in [-0.4, -0.2) is 46.9 Å². The predicted octanol–water partition coefficient (Wildman–Crippen LogP) is -1.31. The Hall–Kier alpha value is -0.660. The van der Waals surface area contributed by atoms with Crippen LogP contribution < -0.4 is 10.0 Å². The maximum atomic E-state index is 10.8. The number of carbonyl (C=O) groups is 1. The molecular formula is C7H16N2O4S. The first kappa shape index (κ1) is 13.3. The second-order valence-electron chi connectivity index (χ2n) is 2.65. The third-order valence-corrected chi connectivity index (χ3v) is 1.97. The number of esters is 1. The summed E-state index contributed by atoms with van der Waals surface area (Å²) in [5.74, 6) is -0.341. The zero-order chi connectivity index (χ0) is 11.0. The first-order valence-corrected chi connectivity index (χ1v) is 6.16. The van der Waals surface area contributed by atoms with Gasteiger partial charge in [-0.25, -0.2) is 13.1 Å². The van der Waals surface area contributed by atoms with Crippen LogP contribution in [0.4, 0.5) is 0 Å². The van der Waals surface area contributed by atoms with E-state index in [1.165, 1.54) is 0 Å². The maximum absolute atomic E-state index is 10.8. The monoisotopic (exact) mass is 224 g/mol. The first-order valence-electron chi connectivity index (χ1n) is 4.26. The van der Waals surface area contributed by atoms with Gasteiger partial charge in [0.05, 0.1) is 19.4 Å². The Kier molecular flexibility index (Phi) is 6.43. The van der Waals surface area contributed by atoms with Crippen LogP contribution in [0.5, 0.6) is 0 Å². The van der Waals surface area contributed by atoms with E-state index in [2.05, 4.69) is 14.8 Å². The highest BCUT2D eigenvalue weighted by Gasteiger charge is 2.01. The van der Waals surface area contributed by atoms with Crippen molar-refractivity contribution < 1.29 is 17.9 Å². The summed E-state index contributed by atoms with van der Waals surface area (Å²) < 4.78 is 28.1. The lowest BCUT2D eigenvalue weighted by atomic mass is 10.6. The lowest BCUT2D eigenvalue weighted by Gasteiger charge is -2.04. The summed E-state index contributed by atoms with van der Waals surface area (Å²) in [7, 11) is -3.14. The van der Waals surface area contributed by atoms with Crippen molar-refractivity contribution in [2.24, 2.45) is 0 Å². The van der Waals surface area contributed by atoms with Gasteiger partial charge in [-0.2, -0.15) is 0 Å². The third kappa shape index (κ3) is 9.43. The van der Waals surface area contributed by atoms with Crippen LogP contribution >= 0.6 is 0 Å². The highest BCUT2D eigenvalue weighted by Crippen LogP contribution is 1.75. The summed E-state index contributed by atoms with van der Waals surface area (Å²) in [6.45, 7) is 2.83. The number of ether oxygens (including phenoxy) is 1. The molecule has 6 nitrogen and oxygen atoms in total. The zero-order valence-electron chi connectivity index (χ0n) is 8.37. The lowest BCUT2D eigenvalue weighted by Crippen LogP contribution is -2.34. The second-order valence-corrected chi connectivity index (χ2v) is 4.48. The molecule has 0 atom stereocenters. The Bertz CT molecular complexity index is 263. The van der Waals surface area contributed by atoms with E-state index in [-0.39, 0.29) is 19.1 Å². The van der Waals surface area contributed by atoms with Crippen LogP contribution in [0.15, 0.2) is 0 Å². The fourth-order valence-electron chi connectivity index (χ4n) is 0.727. The Morgan fingerprint density at radius 1 is 1.36 bits per heavy atom. The summed E-state index contributed by atoms with van der Waals surface area (Å²) in [5.41, 5.74) is 0. The molecular weight excluding hydrogens is 208 g/mol. The highest BCUT2D eigenvalue weighted by atomic mass is 32.2. The van der Waals surface area contributed by atoms with Crippen molar-refractivity contribution in [2.75, 3.05) is 32.5 Å². The Labute approximate surface area is 84.1 Å². The second kappa shape index (κ2) is 6.74. The normalized spacial score (nSPS) is 11.3. The average molecular weight is 224 g/mol. The molecule has 0 aliphatic heterocycles. The molecule has 0 rings (SSSR count). The number of hydrogen-bond acceptors (Lipinski definition) is 5. The molecule has 0 spiro atoms. The van der Waals surface area contributed by atoms with Gasteiger partial charge in [-0.1, -0.05) is 0 Å². The van der Waals surface area contributed by atoms with Gasteiger partial charge in [0, 0.05) is 13.1 Å². The SMILES string of the molecule is CCOC(=O)CNCCNS(C)(=O)=O. The minimum Gasteiger partial charge on any atom is -0.465 e. The Morgan fingerprint density at radius 2 is 2.00 bits per heavy atom. The van der Waals surface area contributed by atoms with Crippen molar-refractivity contribution in [2.45, 2.75) is 6.92 Å². The zero-order valence-corrected chi connectivity index (χ0v) is 9.19. The van der Waals surface area contributed by atoms with E-state index in [4.69, 9.17) is 0 Å². The summed E-state index contributed by atoms with van der Waals surface area (Å²) in [4.78, 5) is 10.8. The molecule has 14 heavy (non-hydrogen) atoms. The van der Waals surface area contributed by atoms with Gasteiger partial charge in [0.15, 0.2) is 0 Å². The van der Waals surface area contributed by atoms with Gasteiger partial charge < -0.3 is 10.1 Å². The molecule has 0 unspecified atom stereocenters. The molecule has 0 radical (unpaired) electrons. The van der Waals surface area contributed by atoms with Crippen LogP contribution in [0.1, 0.15) is 6.92 Å². The van der Waals surface area contributed by atoms with E-state index >= 15 is 0 Å². The number of nitrogens with one attached hydrogen (secondary N) is 2. The quantitative estimate of drug-likeness (QED) is 0.414. The Balaban J connectivity index is 3.34. The van der Waals surface area contributed by atoms with Gasteiger partial charge in [-0.15, -0.1) is 0 Å². The summed E-state index contributed by atoms with van der Waals surface area (Å²) in [6, 6.07) is 0. The van der Waals surface area contributed by atoms with Gasteiger partial charge in [-0.3, -0.25) is 4.79 Å². The van der Waals surface area contributed by atoms with Crippen LogP contribution in [-0.2, 0) is 19.6 Å². The molecule has 0 saturated carbocycles. The molecule has 0 heterocycles. The van der Waals surface area contributed by atoms with E-state index in [1.807, 2.05) is 0 Å². The minimum absolute atomic E-state index is 0.0965. The van der Waals surface area contributed by atoms with Gasteiger partial charge in [0.25, 0.3) is 0 Å². The van der Waals surface area contributed by atoms with E-state index in [9.17, 15) is 13.2 Å². The minimum atomic E-state index is -3.14. The molecule has 84 valence electrons. The van der Waals surface area contributed by atoms with Gasteiger partial charge in [-0.05, 0) is 6.92 Å². The summed E-state index contributed by atoms with van der Waals surface area (Å²) in [5, 5.41) is 2.74. The molecule has 0 aromatic rings. The van der Waals surface area contributed by atoms with Crippen LogP contribution in [0.3, 0.4) is 0 Å². The fraction of sp³-hybridized carbons (Fsp3) is 0.857. The summed E-state index contributed by atoms with van der Waals surface area (Å²) in [6.07, 6.45) is 1.08. The molecule has 0 fully saturated rings. The Morgan fingerprint density at radius 3 is 2.50 bits per heavy atom. The van der Waals surface area contributed by atoms with Crippen molar-refractivity contribution in [3.05, 3.63) is 0 Å². The molecule has 0 amide bonds. The van der Waals surface area contributed by atoms with E-state index in [0.29, 0.717) is 13.2 Å². The molecule has 0 aromatic heterocycles. The summed E-state index contributed by atoms with van der Waals surface area (Å²) >= 11 is 0. The van der Waals surface area contributed by atoms with Crippen molar-refractivity contribution in [1.29, 1.82) is 0 Å². The van der Waals surface area contributed by atoms with Gasteiger partial charge in [0.2, 0.25) is 10.0 Å². The molecule has 0 aromatic carbocycles. The van der Waals surface area contributed by atoms with Gasteiger partial charge >= 0.3 is 5.97 Å². The highest BCUT2D eigenvalue weighted by molar-refractivity contribution is 7.88. The largest absolute Gasteiger partial charge is 0.465 e. The van der Waals surface area contributed by atoms with Crippen molar-refractivity contribution in [3.63, 3.8) is 0 Å². The molecule has 0 bridgehead atoms. The van der Waals surface area contributed by atoms with Crippen molar-refractivity contribution in [1.82, 2.24) is 10.0 Å². The van der Waals surface area contributed by atoms with Crippen molar-refractivity contribution in [3.8, 4) is 0 Å². The molecule has 7 heteroatoms. The number of rotatable bonds is 7. The fourth-order valence-corrected chi connectivity index (χ4v) is 1.20. The number of carbonyl (C=O) groups excluding carboxylic acids is 1. The topological polar surface area (TPSA) is 84.5 Å². The average Bonchev–Trinajstić information content (AvgIpc) is 2.02. The van der Waals surface area contributed by atoms with Crippen molar-refractivity contribution >= 4 is 16.0 Å². The molecule has 0 aliphatic carbocycles. The molecule has 2 N–H and O–H groups in total. The van der Waals surface area contributed by atoms with Crippen LogP contribution in [0.2, 0.25) is 0 Å². The first-order chi connectivity index (χ1) is 6.45. The van der Waals surface area contributed by atoms with Crippen LogP contribution in [0.25, 0.3) is 0 Å². The lowest BCUT2D eigenvalue weighted by molar-refractivity contribution is -0.141. The molecule has 0 aliphatic rings. The van der Waals surface area contributed by atoms with E-state index in [0.717, 1.165) is 6.26 Å². The molecule has 0 saturated heterocycles. The standard InChI is InChI=1S/C7H16N2O4S/c1-3-13-7(10)6-8-4-5-9-14(2,11)12/h8-9H,3-6H2,1-2H3. The van der Waals surface area contributed by atoms with E-state index < -0.39 is 10.0 Å². The number of sulfonamides is 1. The predicted molar refractivity (Wildman–Crippen MR) is 52.3 cm³/mol. The smallest absolute Gasteiger partial charge is 0.319 e. The van der Waals surface area contributed by atoms with E-state index in [1.54, 1.807) is 6.92 Å². The number of hydrogen-bond donors (Lipinski definition) is 2.